The maximum absolute atomic E-state index is 13.4. The van der Waals surface area contributed by atoms with Crippen molar-refractivity contribution in [1.82, 2.24) is 10.1 Å². The molecule has 9 heteroatoms. The van der Waals surface area contributed by atoms with Gasteiger partial charge < -0.3 is 9.84 Å². The van der Waals surface area contributed by atoms with E-state index in [0.717, 1.165) is 12.1 Å². The van der Waals surface area contributed by atoms with Gasteiger partial charge in [0.05, 0.1) is 0 Å². The monoisotopic (exact) mass is 279 g/mol. The molecule has 1 aromatic carbocycles. The normalized spacial score (nSPS) is 11.7. The number of nitrogens with one attached hydrogen (secondary N) is 1. The molecule has 0 fully saturated rings. The van der Waals surface area contributed by atoms with E-state index in [0.29, 0.717) is 0 Å². The Bertz CT molecular complexity index is 584. The Hall–Kier alpha value is -2.19. The minimum Gasteiger partial charge on any atom is -0.383 e. The van der Waals surface area contributed by atoms with E-state index >= 15 is 0 Å². The largest absolute Gasteiger partial charge is 0.471 e. The van der Waals surface area contributed by atoms with Crippen LogP contribution in [0.1, 0.15) is 5.89 Å². The molecular formula is C10H6F5N3O. The number of anilines is 1. The first kappa shape index (κ1) is 13.2. The summed E-state index contributed by atoms with van der Waals surface area (Å²) in [6.45, 7) is 0. The molecule has 0 aliphatic carbocycles. The second kappa shape index (κ2) is 4.48. The van der Waals surface area contributed by atoms with E-state index in [4.69, 9.17) is 0 Å². The summed E-state index contributed by atoms with van der Waals surface area (Å²) in [4.78, 5) is 3.03. The first-order chi connectivity index (χ1) is 8.82. The summed E-state index contributed by atoms with van der Waals surface area (Å²) in [6.07, 6.45) is -4.81. The number of aromatic nitrogens is 2. The van der Waals surface area contributed by atoms with E-state index in [1.54, 1.807) is 0 Å². The first-order valence-corrected chi connectivity index (χ1v) is 4.91. The van der Waals surface area contributed by atoms with E-state index in [2.05, 4.69) is 20.0 Å². The van der Waals surface area contributed by atoms with Crippen molar-refractivity contribution >= 4 is 5.69 Å². The third-order valence-electron chi connectivity index (χ3n) is 2.22. The Morgan fingerprint density at radius 2 is 1.74 bits per heavy atom. The third-order valence-corrected chi connectivity index (χ3v) is 2.22. The van der Waals surface area contributed by atoms with E-state index in [1.165, 1.54) is 7.05 Å². The molecule has 102 valence electrons. The summed E-state index contributed by atoms with van der Waals surface area (Å²) in [6, 6.07) is 1.61. The number of benzene rings is 1. The third kappa shape index (κ3) is 2.49. The zero-order valence-corrected chi connectivity index (χ0v) is 9.35. The van der Waals surface area contributed by atoms with Gasteiger partial charge in [-0.2, -0.15) is 18.2 Å². The SMILES string of the molecule is CNc1c(F)cc(-c2noc(C(F)(F)F)n2)cc1F. The van der Waals surface area contributed by atoms with Crippen LogP contribution in [0, 0.1) is 11.6 Å². The van der Waals surface area contributed by atoms with Gasteiger partial charge in [0.2, 0.25) is 5.82 Å². The molecule has 0 spiro atoms. The smallest absolute Gasteiger partial charge is 0.383 e. The lowest BCUT2D eigenvalue weighted by Gasteiger charge is -2.04. The van der Waals surface area contributed by atoms with Crippen molar-refractivity contribution in [3.63, 3.8) is 0 Å². The molecule has 4 nitrogen and oxygen atoms in total. The number of rotatable bonds is 2. The van der Waals surface area contributed by atoms with Crippen LogP contribution in [0.15, 0.2) is 16.7 Å². The topological polar surface area (TPSA) is 51.0 Å². The van der Waals surface area contributed by atoms with Crippen molar-refractivity contribution in [2.75, 3.05) is 12.4 Å². The van der Waals surface area contributed by atoms with Crippen molar-refractivity contribution in [2.45, 2.75) is 6.18 Å². The average Bonchev–Trinajstić information content (AvgIpc) is 2.77. The van der Waals surface area contributed by atoms with E-state index < -0.39 is 35.2 Å². The van der Waals surface area contributed by atoms with Crippen LogP contribution in [0.4, 0.5) is 27.6 Å². The quantitative estimate of drug-likeness (QED) is 0.858. The molecule has 0 bridgehead atoms. The predicted octanol–water partition coefficient (Wildman–Crippen LogP) is 3.08. The maximum atomic E-state index is 13.4. The lowest BCUT2D eigenvalue weighted by Crippen LogP contribution is -2.05. The predicted molar refractivity (Wildman–Crippen MR) is 54.2 cm³/mol. The van der Waals surface area contributed by atoms with Gasteiger partial charge >= 0.3 is 12.1 Å². The highest BCUT2D eigenvalue weighted by atomic mass is 19.4. The number of nitrogens with zero attached hydrogens (tertiary/aromatic N) is 2. The average molecular weight is 279 g/mol. The molecule has 1 N–H and O–H groups in total. The van der Waals surface area contributed by atoms with Gasteiger partial charge in [-0.3, -0.25) is 0 Å². The number of hydrogen-bond donors (Lipinski definition) is 1. The lowest BCUT2D eigenvalue weighted by molar-refractivity contribution is -0.159. The molecule has 0 aliphatic heterocycles. The van der Waals surface area contributed by atoms with Gasteiger partial charge in [-0.1, -0.05) is 5.16 Å². The highest BCUT2D eigenvalue weighted by Gasteiger charge is 2.38. The van der Waals surface area contributed by atoms with E-state index in [-0.39, 0.29) is 5.56 Å². The second-order valence-corrected chi connectivity index (χ2v) is 3.49. The van der Waals surface area contributed by atoms with Gasteiger partial charge in [0.1, 0.15) is 17.3 Å². The van der Waals surface area contributed by atoms with Crippen LogP contribution >= 0.6 is 0 Å². The maximum Gasteiger partial charge on any atom is 0.471 e. The fourth-order valence-electron chi connectivity index (χ4n) is 1.40. The van der Waals surface area contributed by atoms with Crippen LogP contribution in [0.2, 0.25) is 0 Å². The van der Waals surface area contributed by atoms with Gasteiger partial charge in [0.15, 0.2) is 0 Å². The Morgan fingerprint density at radius 3 is 2.16 bits per heavy atom. The minimum absolute atomic E-state index is 0.256. The van der Waals surface area contributed by atoms with E-state index in [1.807, 2.05) is 0 Å². The Kier molecular flexibility index (Phi) is 3.13. The van der Waals surface area contributed by atoms with Crippen LogP contribution in [-0.2, 0) is 6.18 Å². The highest BCUT2D eigenvalue weighted by molar-refractivity contribution is 5.60. The van der Waals surface area contributed by atoms with Crippen molar-refractivity contribution in [3.8, 4) is 11.4 Å². The summed E-state index contributed by atoms with van der Waals surface area (Å²) in [5.41, 5.74) is -0.656. The zero-order valence-electron chi connectivity index (χ0n) is 9.35. The summed E-state index contributed by atoms with van der Waals surface area (Å²) in [5, 5.41) is 5.31. The molecule has 0 saturated carbocycles. The van der Waals surface area contributed by atoms with Gasteiger partial charge in [-0.15, -0.1) is 0 Å². The van der Waals surface area contributed by atoms with Gasteiger partial charge in [-0.05, 0) is 12.1 Å². The van der Waals surface area contributed by atoms with Gasteiger partial charge in [0.25, 0.3) is 0 Å². The zero-order chi connectivity index (χ0) is 14.2. The van der Waals surface area contributed by atoms with Crippen LogP contribution < -0.4 is 5.32 Å². The molecule has 1 aromatic heterocycles. The van der Waals surface area contributed by atoms with Crippen LogP contribution in [0.3, 0.4) is 0 Å². The molecule has 0 aliphatic rings. The molecule has 19 heavy (non-hydrogen) atoms. The van der Waals surface area contributed by atoms with Crippen LogP contribution in [0.5, 0.6) is 0 Å². The van der Waals surface area contributed by atoms with Crippen molar-refractivity contribution in [1.29, 1.82) is 0 Å². The molecule has 0 amide bonds. The molecule has 0 atom stereocenters. The molecule has 0 unspecified atom stereocenters. The van der Waals surface area contributed by atoms with Crippen molar-refractivity contribution in [2.24, 2.45) is 0 Å². The van der Waals surface area contributed by atoms with Crippen molar-refractivity contribution < 1.29 is 26.5 Å². The number of alkyl halides is 3. The fraction of sp³-hybridized carbons (Fsp3) is 0.200. The summed E-state index contributed by atoms with van der Waals surface area (Å²) in [5.74, 6) is -4.08. The Morgan fingerprint density at radius 1 is 1.16 bits per heavy atom. The summed E-state index contributed by atoms with van der Waals surface area (Å²) >= 11 is 0. The Balaban J connectivity index is 2.46. The molecule has 1 heterocycles. The van der Waals surface area contributed by atoms with Crippen molar-refractivity contribution in [3.05, 3.63) is 29.7 Å². The fourth-order valence-corrected chi connectivity index (χ4v) is 1.40. The van der Waals surface area contributed by atoms with Gasteiger partial charge in [0, 0.05) is 12.6 Å². The molecule has 2 rings (SSSR count). The number of hydrogen-bond acceptors (Lipinski definition) is 4. The minimum atomic E-state index is -4.81. The van der Waals surface area contributed by atoms with Gasteiger partial charge in [-0.25, -0.2) is 8.78 Å². The first-order valence-electron chi connectivity index (χ1n) is 4.91. The molecule has 0 saturated heterocycles. The molecule has 0 radical (unpaired) electrons. The number of halogens is 5. The molecular weight excluding hydrogens is 273 g/mol. The van der Waals surface area contributed by atoms with Crippen LogP contribution in [-0.4, -0.2) is 17.2 Å². The Labute approximate surface area is 103 Å². The molecule has 2 aromatic rings. The summed E-state index contributed by atoms with van der Waals surface area (Å²) < 4.78 is 67.5. The highest BCUT2D eigenvalue weighted by Crippen LogP contribution is 2.30. The van der Waals surface area contributed by atoms with E-state index in [9.17, 15) is 22.0 Å². The standard InChI is InChI=1S/C10H6F5N3O/c1-16-7-5(11)2-4(3-6(7)12)8-17-9(19-18-8)10(13,14)15/h2-3,16H,1H3. The lowest BCUT2D eigenvalue weighted by atomic mass is 10.1. The van der Waals surface area contributed by atoms with Crippen LogP contribution in [0.25, 0.3) is 11.4 Å². The second-order valence-electron chi connectivity index (χ2n) is 3.49. The summed E-state index contributed by atoms with van der Waals surface area (Å²) in [7, 11) is 1.30.